The summed E-state index contributed by atoms with van der Waals surface area (Å²) in [6, 6.07) is 0. The fourth-order valence-corrected chi connectivity index (χ4v) is 3.72. The first-order chi connectivity index (χ1) is 14.5. The van der Waals surface area contributed by atoms with Crippen LogP contribution >= 0.6 is 7.60 Å². The maximum absolute atomic E-state index is 10.3. The second-order valence-corrected chi connectivity index (χ2v) is 10.4. The summed E-state index contributed by atoms with van der Waals surface area (Å²) in [4.78, 5) is 36.7. The number of hydrogen-bond donors (Lipinski definition) is 5. The number of amides is 1. The van der Waals surface area contributed by atoms with Crippen molar-refractivity contribution in [3.05, 3.63) is 0 Å². The SMILES string of the molecule is CC(C)CCCCCCCCCCCCCCCC(=O)O.NC(=O)C(O)CP(=O)(O)O. The van der Waals surface area contributed by atoms with Crippen molar-refractivity contribution in [3.8, 4) is 0 Å². The number of carboxylic acid groups (broad SMARTS) is 1. The molecule has 0 spiro atoms. The Morgan fingerprint density at radius 2 is 1.13 bits per heavy atom. The zero-order chi connectivity index (χ0) is 24.1. The van der Waals surface area contributed by atoms with Gasteiger partial charge in [0, 0.05) is 6.42 Å². The summed E-state index contributed by atoms with van der Waals surface area (Å²) < 4.78 is 10.1. The fourth-order valence-electron chi connectivity index (χ4n) is 3.09. The molecule has 0 aliphatic carbocycles. The molecule has 0 aliphatic heterocycles. The van der Waals surface area contributed by atoms with E-state index in [-0.39, 0.29) is 0 Å². The molecule has 0 aromatic carbocycles. The van der Waals surface area contributed by atoms with Crippen LogP contribution in [0.1, 0.15) is 110 Å². The van der Waals surface area contributed by atoms with Crippen LogP contribution in [0, 0.1) is 5.92 Å². The van der Waals surface area contributed by atoms with E-state index in [9.17, 15) is 14.2 Å². The molecule has 186 valence electrons. The Kier molecular flexibility index (Phi) is 21.8. The minimum absolute atomic E-state index is 0.344. The maximum atomic E-state index is 10.3. The molecule has 6 N–H and O–H groups in total. The van der Waals surface area contributed by atoms with Crippen LogP contribution in [0.4, 0.5) is 0 Å². The van der Waals surface area contributed by atoms with Crippen molar-refractivity contribution in [2.24, 2.45) is 11.7 Å². The Bertz CT molecular complexity index is 494. The van der Waals surface area contributed by atoms with Gasteiger partial charge in [-0.25, -0.2) is 0 Å². The van der Waals surface area contributed by atoms with Gasteiger partial charge in [-0.2, -0.15) is 0 Å². The van der Waals surface area contributed by atoms with Crippen molar-refractivity contribution < 1.29 is 34.2 Å². The second-order valence-electron chi connectivity index (χ2n) is 8.69. The molecule has 0 saturated carbocycles. The molecule has 0 bridgehead atoms. The number of hydrogen-bond acceptors (Lipinski definition) is 4. The number of carboxylic acids is 1. The molecule has 0 saturated heterocycles. The van der Waals surface area contributed by atoms with Gasteiger partial charge < -0.3 is 25.7 Å². The molecule has 1 atom stereocenters. The summed E-state index contributed by atoms with van der Waals surface area (Å²) in [5.74, 6) is -0.920. The lowest BCUT2D eigenvalue weighted by atomic mass is 10.0. The van der Waals surface area contributed by atoms with E-state index in [1.165, 1.54) is 77.0 Å². The molecular formula is C22H46NO7P. The monoisotopic (exact) mass is 467 g/mol. The summed E-state index contributed by atoms with van der Waals surface area (Å²) in [7, 11) is -4.33. The molecule has 0 rings (SSSR count). The Morgan fingerprint density at radius 1 is 0.774 bits per heavy atom. The smallest absolute Gasteiger partial charge is 0.328 e. The molecule has 8 nitrogen and oxygen atoms in total. The highest BCUT2D eigenvalue weighted by molar-refractivity contribution is 7.51. The second kappa shape index (κ2) is 20.9. The highest BCUT2D eigenvalue weighted by Gasteiger charge is 2.23. The van der Waals surface area contributed by atoms with Crippen LogP contribution in [-0.2, 0) is 14.2 Å². The summed E-state index contributed by atoms with van der Waals surface area (Å²) in [5.41, 5.74) is 4.51. The molecular weight excluding hydrogens is 421 g/mol. The van der Waals surface area contributed by atoms with Crippen LogP contribution in [-0.4, -0.2) is 44.1 Å². The van der Waals surface area contributed by atoms with Crippen LogP contribution in [0.15, 0.2) is 0 Å². The van der Waals surface area contributed by atoms with Crippen molar-refractivity contribution in [1.29, 1.82) is 0 Å². The van der Waals surface area contributed by atoms with Crippen LogP contribution in [0.3, 0.4) is 0 Å². The maximum Gasteiger partial charge on any atom is 0.328 e. The van der Waals surface area contributed by atoms with E-state index < -0.39 is 31.7 Å². The van der Waals surface area contributed by atoms with E-state index in [0.29, 0.717) is 6.42 Å². The predicted molar refractivity (Wildman–Crippen MR) is 124 cm³/mol. The van der Waals surface area contributed by atoms with Gasteiger partial charge in [-0.15, -0.1) is 0 Å². The topological polar surface area (TPSA) is 158 Å². The standard InChI is InChI=1S/C19H38O2.C3H8NO5P/c1-18(2)16-14-12-10-8-6-4-3-5-7-9-11-13-15-17-19(20)21;4-3(6)2(5)1-10(7,8)9/h18H,3-17H2,1-2H3,(H,20,21);2,5H,1H2,(H2,4,6)(H2,7,8,9). The lowest BCUT2D eigenvalue weighted by Gasteiger charge is -2.06. The fraction of sp³-hybridized carbons (Fsp3) is 0.909. The van der Waals surface area contributed by atoms with Gasteiger partial charge in [0.2, 0.25) is 5.91 Å². The number of primary amides is 1. The van der Waals surface area contributed by atoms with Gasteiger partial charge in [-0.3, -0.25) is 14.2 Å². The zero-order valence-corrected chi connectivity index (χ0v) is 20.4. The van der Waals surface area contributed by atoms with Crippen molar-refractivity contribution >= 4 is 19.5 Å². The number of rotatable bonds is 19. The van der Waals surface area contributed by atoms with Crippen molar-refractivity contribution in [2.75, 3.05) is 6.16 Å². The Hall–Kier alpha value is -0.950. The van der Waals surface area contributed by atoms with E-state index in [4.69, 9.17) is 20.0 Å². The summed E-state index contributed by atoms with van der Waals surface area (Å²) in [6.07, 6.45) is 16.1. The first kappa shape index (κ1) is 32.2. The number of unbranched alkanes of at least 4 members (excludes halogenated alkanes) is 12. The normalized spacial score (nSPS) is 12.3. The highest BCUT2D eigenvalue weighted by atomic mass is 31.2. The number of carbonyl (C=O) groups is 2. The lowest BCUT2D eigenvalue weighted by molar-refractivity contribution is -0.137. The van der Waals surface area contributed by atoms with E-state index in [1.54, 1.807) is 0 Å². The minimum atomic E-state index is -4.33. The molecule has 0 radical (unpaired) electrons. The number of aliphatic hydroxyl groups excluding tert-OH is 1. The number of carbonyl (C=O) groups excluding carboxylic acids is 1. The third-order valence-electron chi connectivity index (χ3n) is 4.91. The van der Waals surface area contributed by atoms with Crippen LogP contribution in [0.2, 0.25) is 0 Å². The van der Waals surface area contributed by atoms with Crippen LogP contribution < -0.4 is 5.73 Å². The third-order valence-corrected chi connectivity index (χ3v) is 5.73. The number of aliphatic hydroxyl groups is 1. The van der Waals surface area contributed by atoms with E-state index >= 15 is 0 Å². The molecule has 0 fully saturated rings. The molecule has 1 amide bonds. The molecule has 31 heavy (non-hydrogen) atoms. The third kappa shape index (κ3) is 31.3. The summed E-state index contributed by atoms with van der Waals surface area (Å²) >= 11 is 0. The van der Waals surface area contributed by atoms with Gasteiger partial charge >= 0.3 is 13.6 Å². The molecule has 0 aromatic heterocycles. The Balaban J connectivity index is 0. The number of nitrogens with two attached hydrogens (primary N) is 1. The summed E-state index contributed by atoms with van der Waals surface area (Å²) in [5, 5.41) is 17.0. The quantitative estimate of drug-likeness (QED) is 0.137. The largest absolute Gasteiger partial charge is 0.481 e. The van der Waals surface area contributed by atoms with E-state index in [1.807, 2.05) is 0 Å². The van der Waals surface area contributed by atoms with Crippen LogP contribution in [0.25, 0.3) is 0 Å². The van der Waals surface area contributed by atoms with Gasteiger partial charge in [0.15, 0.2) is 0 Å². The van der Waals surface area contributed by atoms with Gasteiger partial charge in [0.05, 0.1) is 6.16 Å². The molecule has 9 heteroatoms. The van der Waals surface area contributed by atoms with Crippen molar-refractivity contribution in [3.63, 3.8) is 0 Å². The molecule has 1 unspecified atom stereocenters. The molecule has 0 heterocycles. The highest BCUT2D eigenvalue weighted by Crippen LogP contribution is 2.34. The van der Waals surface area contributed by atoms with Gasteiger partial charge in [0.25, 0.3) is 0 Å². The average molecular weight is 468 g/mol. The average Bonchev–Trinajstić information content (AvgIpc) is 2.63. The van der Waals surface area contributed by atoms with Gasteiger partial charge in [-0.05, 0) is 12.3 Å². The first-order valence-corrected chi connectivity index (χ1v) is 13.5. The van der Waals surface area contributed by atoms with E-state index in [0.717, 1.165) is 18.8 Å². The predicted octanol–water partition coefficient (Wildman–Crippen LogP) is 4.59. The molecule has 0 aromatic rings. The van der Waals surface area contributed by atoms with E-state index in [2.05, 4.69) is 19.6 Å². The first-order valence-electron chi connectivity index (χ1n) is 11.7. The Labute approximate surface area is 188 Å². The van der Waals surface area contributed by atoms with Crippen molar-refractivity contribution in [1.82, 2.24) is 0 Å². The van der Waals surface area contributed by atoms with Crippen LogP contribution in [0.5, 0.6) is 0 Å². The van der Waals surface area contributed by atoms with Crippen molar-refractivity contribution in [2.45, 2.75) is 116 Å². The summed E-state index contributed by atoms with van der Waals surface area (Å²) in [6.45, 7) is 4.62. The van der Waals surface area contributed by atoms with Gasteiger partial charge in [-0.1, -0.05) is 97.3 Å². The number of aliphatic carboxylic acids is 1. The Morgan fingerprint density at radius 3 is 1.39 bits per heavy atom. The zero-order valence-electron chi connectivity index (χ0n) is 19.5. The lowest BCUT2D eigenvalue weighted by Crippen LogP contribution is -2.31. The molecule has 0 aliphatic rings. The van der Waals surface area contributed by atoms with Gasteiger partial charge in [0.1, 0.15) is 6.10 Å². The minimum Gasteiger partial charge on any atom is -0.481 e.